The highest BCUT2D eigenvalue weighted by molar-refractivity contribution is 5.13. The predicted molar refractivity (Wildman–Crippen MR) is 78.9 cm³/mol. The molecule has 5 aliphatic rings. The summed E-state index contributed by atoms with van der Waals surface area (Å²) >= 11 is 0. The van der Waals surface area contributed by atoms with Gasteiger partial charge in [0.2, 0.25) is 0 Å². The molecule has 2 unspecified atom stereocenters. The number of hydrogen-bond donors (Lipinski definition) is 1. The van der Waals surface area contributed by atoms with Gasteiger partial charge in [-0.3, -0.25) is 4.90 Å². The quantitative estimate of drug-likeness (QED) is 0.829. The molecule has 5 fully saturated rings. The van der Waals surface area contributed by atoms with Crippen molar-refractivity contribution in [3.05, 3.63) is 0 Å². The van der Waals surface area contributed by atoms with E-state index in [9.17, 15) is 0 Å². The Bertz CT molecular complexity index is 342. The van der Waals surface area contributed by atoms with Gasteiger partial charge in [-0.15, -0.1) is 0 Å². The van der Waals surface area contributed by atoms with E-state index in [1.54, 1.807) is 0 Å². The fourth-order valence-corrected chi connectivity index (χ4v) is 6.49. The van der Waals surface area contributed by atoms with Gasteiger partial charge < -0.3 is 5.73 Å². The van der Waals surface area contributed by atoms with E-state index in [0.29, 0.717) is 11.0 Å². The molecule has 0 spiro atoms. The number of likely N-dealkylation sites (tertiary alicyclic amines) is 1. The van der Waals surface area contributed by atoms with Gasteiger partial charge >= 0.3 is 0 Å². The third-order valence-electron chi connectivity index (χ3n) is 7.04. The molecule has 2 heteroatoms. The summed E-state index contributed by atoms with van der Waals surface area (Å²) in [6, 6.07) is 0. The monoisotopic (exact) mass is 262 g/mol. The smallest absolute Gasteiger partial charge is 0.0220 e. The molecule has 2 N–H and O–H groups in total. The molecular formula is C17H30N2. The molecule has 4 saturated carbocycles. The van der Waals surface area contributed by atoms with Crippen LogP contribution in [0.4, 0.5) is 0 Å². The molecule has 1 aliphatic heterocycles. The fraction of sp³-hybridized carbons (Fsp3) is 1.00. The first-order valence-corrected chi connectivity index (χ1v) is 8.58. The topological polar surface area (TPSA) is 29.3 Å². The Balaban J connectivity index is 1.60. The largest absolute Gasteiger partial charge is 0.330 e. The van der Waals surface area contributed by atoms with Crippen molar-refractivity contribution >= 4 is 0 Å². The highest BCUT2D eigenvalue weighted by Crippen LogP contribution is 2.63. The summed E-state index contributed by atoms with van der Waals surface area (Å²) in [4.78, 5) is 2.91. The second kappa shape index (κ2) is 4.21. The molecule has 0 aromatic carbocycles. The van der Waals surface area contributed by atoms with E-state index in [1.165, 1.54) is 64.5 Å². The minimum atomic E-state index is 0.535. The van der Waals surface area contributed by atoms with E-state index in [0.717, 1.165) is 24.3 Å². The van der Waals surface area contributed by atoms with Crippen molar-refractivity contribution < 1.29 is 0 Å². The van der Waals surface area contributed by atoms with Gasteiger partial charge in [0.15, 0.2) is 0 Å². The molecule has 2 nitrogen and oxygen atoms in total. The zero-order valence-electron chi connectivity index (χ0n) is 12.5. The molecule has 19 heavy (non-hydrogen) atoms. The third-order valence-corrected chi connectivity index (χ3v) is 7.04. The molecule has 0 radical (unpaired) electrons. The van der Waals surface area contributed by atoms with Crippen LogP contribution >= 0.6 is 0 Å². The van der Waals surface area contributed by atoms with Crippen molar-refractivity contribution in [2.45, 2.75) is 63.8 Å². The van der Waals surface area contributed by atoms with Crippen LogP contribution in [0.25, 0.3) is 0 Å². The lowest BCUT2D eigenvalue weighted by molar-refractivity contribution is -0.135. The van der Waals surface area contributed by atoms with Crippen molar-refractivity contribution in [3.8, 4) is 0 Å². The van der Waals surface area contributed by atoms with Crippen LogP contribution in [-0.2, 0) is 0 Å². The molecule has 1 saturated heterocycles. The van der Waals surface area contributed by atoms with Gasteiger partial charge in [0, 0.05) is 5.54 Å². The van der Waals surface area contributed by atoms with E-state index in [-0.39, 0.29) is 0 Å². The lowest BCUT2D eigenvalue weighted by Crippen LogP contribution is -2.65. The second-order valence-electron chi connectivity index (χ2n) is 8.56. The Morgan fingerprint density at radius 2 is 1.68 bits per heavy atom. The third kappa shape index (κ3) is 1.90. The molecule has 0 aromatic heterocycles. The van der Waals surface area contributed by atoms with Crippen LogP contribution in [0.1, 0.15) is 58.3 Å². The zero-order valence-corrected chi connectivity index (χ0v) is 12.5. The van der Waals surface area contributed by atoms with E-state index in [4.69, 9.17) is 5.73 Å². The van der Waals surface area contributed by atoms with Crippen molar-refractivity contribution in [3.63, 3.8) is 0 Å². The van der Waals surface area contributed by atoms with Crippen LogP contribution in [0.5, 0.6) is 0 Å². The Kier molecular flexibility index (Phi) is 2.80. The standard InChI is InChI=1S/C17H30N2/c1-13-2-4-19(5-3-13)17-9-14-6-15(10-17)8-16(7-14,11-17)12-18/h13-15H,2-12,18H2,1H3. The van der Waals surface area contributed by atoms with Crippen LogP contribution in [0.3, 0.4) is 0 Å². The van der Waals surface area contributed by atoms with E-state index in [1.807, 2.05) is 0 Å². The summed E-state index contributed by atoms with van der Waals surface area (Å²) in [5.74, 6) is 2.96. The minimum absolute atomic E-state index is 0.535. The number of rotatable bonds is 2. The molecular weight excluding hydrogens is 232 g/mol. The first kappa shape index (κ1) is 12.6. The Morgan fingerprint density at radius 1 is 1.05 bits per heavy atom. The SMILES string of the molecule is CC1CCN(C23CC4CC(CC(CN)(C4)C2)C3)CC1. The maximum atomic E-state index is 6.22. The maximum Gasteiger partial charge on any atom is 0.0220 e. The van der Waals surface area contributed by atoms with Crippen LogP contribution in [0.15, 0.2) is 0 Å². The summed E-state index contributed by atoms with van der Waals surface area (Å²) in [5, 5.41) is 0. The molecule has 4 bridgehead atoms. The summed E-state index contributed by atoms with van der Waals surface area (Å²) < 4.78 is 0. The summed E-state index contributed by atoms with van der Waals surface area (Å²) in [6.07, 6.45) is 11.7. The van der Waals surface area contributed by atoms with Crippen molar-refractivity contribution in [2.75, 3.05) is 19.6 Å². The average Bonchev–Trinajstić information content (AvgIpc) is 2.38. The van der Waals surface area contributed by atoms with Crippen LogP contribution in [-0.4, -0.2) is 30.1 Å². The highest BCUT2D eigenvalue weighted by Gasteiger charge is 2.58. The van der Waals surface area contributed by atoms with Gasteiger partial charge in [0.25, 0.3) is 0 Å². The summed E-state index contributed by atoms with van der Waals surface area (Å²) in [7, 11) is 0. The zero-order chi connectivity index (χ0) is 13.1. The molecule has 4 aliphatic carbocycles. The Morgan fingerprint density at radius 3 is 2.26 bits per heavy atom. The number of nitrogens with two attached hydrogens (primary N) is 1. The van der Waals surface area contributed by atoms with Gasteiger partial charge in [0.05, 0.1) is 0 Å². The molecule has 0 amide bonds. The normalized spacial score (nSPS) is 50.8. The van der Waals surface area contributed by atoms with Crippen LogP contribution in [0, 0.1) is 23.2 Å². The van der Waals surface area contributed by atoms with Crippen molar-refractivity contribution in [2.24, 2.45) is 28.9 Å². The Labute approximate surface area is 118 Å². The second-order valence-corrected chi connectivity index (χ2v) is 8.56. The molecule has 2 atom stereocenters. The van der Waals surface area contributed by atoms with Crippen LogP contribution < -0.4 is 5.73 Å². The highest BCUT2D eigenvalue weighted by atomic mass is 15.2. The predicted octanol–water partition coefficient (Wildman–Crippen LogP) is 3.02. The Hall–Kier alpha value is -0.0800. The lowest BCUT2D eigenvalue weighted by atomic mass is 9.46. The molecule has 1 heterocycles. The first-order chi connectivity index (χ1) is 9.13. The number of nitrogens with zero attached hydrogens (tertiary/aromatic N) is 1. The van der Waals surface area contributed by atoms with Gasteiger partial charge in [-0.25, -0.2) is 0 Å². The summed E-state index contributed by atoms with van der Waals surface area (Å²) in [5.41, 5.74) is 7.33. The van der Waals surface area contributed by atoms with Crippen molar-refractivity contribution in [1.29, 1.82) is 0 Å². The van der Waals surface area contributed by atoms with Gasteiger partial charge in [-0.2, -0.15) is 0 Å². The van der Waals surface area contributed by atoms with E-state index < -0.39 is 0 Å². The molecule has 0 aromatic rings. The van der Waals surface area contributed by atoms with E-state index in [2.05, 4.69) is 11.8 Å². The number of hydrogen-bond acceptors (Lipinski definition) is 2. The van der Waals surface area contributed by atoms with Gasteiger partial charge in [0.1, 0.15) is 0 Å². The van der Waals surface area contributed by atoms with Crippen molar-refractivity contribution in [1.82, 2.24) is 4.90 Å². The fourth-order valence-electron chi connectivity index (χ4n) is 6.49. The van der Waals surface area contributed by atoms with Gasteiger partial charge in [-0.1, -0.05) is 6.92 Å². The van der Waals surface area contributed by atoms with E-state index >= 15 is 0 Å². The molecule has 108 valence electrons. The molecule has 5 rings (SSSR count). The van der Waals surface area contributed by atoms with Crippen LogP contribution in [0.2, 0.25) is 0 Å². The maximum absolute atomic E-state index is 6.22. The minimum Gasteiger partial charge on any atom is -0.330 e. The first-order valence-electron chi connectivity index (χ1n) is 8.58. The average molecular weight is 262 g/mol. The summed E-state index contributed by atoms with van der Waals surface area (Å²) in [6.45, 7) is 6.10. The number of piperidine rings is 1. The lowest BCUT2D eigenvalue weighted by Gasteiger charge is -2.65. The van der Waals surface area contributed by atoms with Gasteiger partial charge in [-0.05, 0) is 94.2 Å².